The first-order chi connectivity index (χ1) is 13.3. The van der Waals surface area contributed by atoms with Crippen molar-refractivity contribution in [2.24, 2.45) is 0 Å². The van der Waals surface area contributed by atoms with Gasteiger partial charge in [-0.25, -0.2) is 27.6 Å². The fourth-order valence-electron chi connectivity index (χ4n) is 2.39. The molecular formula is C18H21N3O6S. The second-order valence-corrected chi connectivity index (χ2v) is 7.19. The Balaban J connectivity index is 2.59. The molecule has 1 aromatic heterocycles. The largest absolute Gasteiger partial charge is 0.449 e. The normalized spacial score (nSPS) is 10.8. The number of aromatic nitrogens is 1. The Kier molecular flexibility index (Phi) is 6.94. The highest BCUT2D eigenvalue weighted by Gasteiger charge is 2.29. The number of benzene rings is 1. The van der Waals surface area contributed by atoms with Gasteiger partial charge in [-0.15, -0.1) is 0 Å². The summed E-state index contributed by atoms with van der Waals surface area (Å²) in [6, 6.07) is 8.24. The third-order valence-electron chi connectivity index (χ3n) is 3.50. The molecule has 0 unspecified atom stereocenters. The summed E-state index contributed by atoms with van der Waals surface area (Å²) in [5.74, 6) is 0. The topological polar surface area (TPSA) is 115 Å². The highest BCUT2D eigenvalue weighted by atomic mass is 32.2. The van der Waals surface area contributed by atoms with Gasteiger partial charge in [-0.3, -0.25) is 4.98 Å². The van der Waals surface area contributed by atoms with Crippen LogP contribution in [0.3, 0.4) is 0 Å². The molecule has 0 aliphatic carbocycles. The molecule has 1 heterocycles. The summed E-state index contributed by atoms with van der Waals surface area (Å²) in [4.78, 5) is 28.8. The van der Waals surface area contributed by atoms with Gasteiger partial charge in [-0.05, 0) is 44.5 Å². The van der Waals surface area contributed by atoms with E-state index in [1.165, 1.54) is 12.3 Å². The SMILES string of the molecule is CCOC(=O)NS(=O)(=O)c1cnccc1N(C(=O)OCC)c1cccc(C)c1. The fourth-order valence-corrected chi connectivity index (χ4v) is 3.41. The van der Waals surface area contributed by atoms with E-state index in [4.69, 9.17) is 4.74 Å². The number of carbonyl (C=O) groups is 2. The summed E-state index contributed by atoms with van der Waals surface area (Å²) in [7, 11) is -4.36. The molecule has 2 amide bonds. The first-order valence-corrected chi connectivity index (χ1v) is 9.95. The van der Waals surface area contributed by atoms with Gasteiger partial charge in [0.1, 0.15) is 4.90 Å². The summed E-state index contributed by atoms with van der Waals surface area (Å²) in [6.07, 6.45) is 0.474. The summed E-state index contributed by atoms with van der Waals surface area (Å²) < 4.78 is 36.9. The van der Waals surface area contributed by atoms with Gasteiger partial charge >= 0.3 is 12.2 Å². The highest BCUT2D eigenvalue weighted by Crippen LogP contribution is 2.32. The zero-order valence-electron chi connectivity index (χ0n) is 15.7. The predicted molar refractivity (Wildman–Crippen MR) is 102 cm³/mol. The zero-order valence-corrected chi connectivity index (χ0v) is 16.5. The molecule has 2 aromatic rings. The molecule has 2 rings (SSSR count). The minimum atomic E-state index is -4.36. The molecule has 0 saturated carbocycles. The molecule has 0 aliphatic heterocycles. The number of hydrogen-bond donors (Lipinski definition) is 1. The standard InChI is InChI=1S/C18H21N3O6S/c1-4-26-17(22)20-28(24,25)16-12-19-10-9-15(16)21(18(23)27-5-2)14-8-6-7-13(3)11-14/h6-12H,4-5H2,1-3H3,(H,20,22). The number of anilines is 2. The van der Waals surface area contributed by atoms with Crippen LogP contribution >= 0.6 is 0 Å². The van der Waals surface area contributed by atoms with E-state index in [1.807, 2.05) is 13.0 Å². The molecule has 0 spiro atoms. The van der Waals surface area contributed by atoms with Gasteiger partial charge in [0.25, 0.3) is 10.0 Å². The molecule has 1 N–H and O–H groups in total. The van der Waals surface area contributed by atoms with E-state index in [1.54, 1.807) is 36.8 Å². The lowest BCUT2D eigenvalue weighted by molar-refractivity contribution is 0.158. The molecule has 0 bridgehead atoms. The molecule has 0 atom stereocenters. The second-order valence-electron chi connectivity index (χ2n) is 5.54. The molecule has 1 aromatic carbocycles. The highest BCUT2D eigenvalue weighted by molar-refractivity contribution is 7.90. The Bertz CT molecular complexity index is 961. The number of hydrogen-bond acceptors (Lipinski definition) is 7. The van der Waals surface area contributed by atoms with Crippen LogP contribution in [-0.4, -0.2) is 38.8 Å². The molecule has 150 valence electrons. The van der Waals surface area contributed by atoms with Gasteiger partial charge < -0.3 is 9.47 Å². The number of carbonyl (C=O) groups excluding carboxylic acids is 2. The van der Waals surface area contributed by atoms with E-state index in [2.05, 4.69) is 9.72 Å². The Morgan fingerprint density at radius 1 is 1.14 bits per heavy atom. The number of pyridine rings is 1. The average molecular weight is 407 g/mol. The average Bonchev–Trinajstić information content (AvgIpc) is 2.62. The monoisotopic (exact) mass is 407 g/mol. The maximum Gasteiger partial charge on any atom is 0.421 e. The minimum absolute atomic E-state index is 0.000503. The van der Waals surface area contributed by atoms with Crippen LogP contribution in [0, 0.1) is 6.92 Å². The van der Waals surface area contributed by atoms with Gasteiger partial charge in [0, 0.05) is 12.4 Å². The number of sulfonamides is 1. The maximum atomic E-state index is 12.7. The van der Waals surface area contributed by atoms with E-state index < -0.39 is 22.2 Å². The molecule has 9 nitrogen and oxygen atoms in total. The number of amides is 2. The Morgan fingerprint density at radius 2 is 1.86 bits per heavy atom. The van der Waals surface area contributed by atoms with Crippen LogP contribution in [0.1, 0.15) is 19.4 Å². The summed E-state index contributed by atoms with van der Waals surface area (Å²) in [5, 5.41) is 0. The van der Waals surface area contributed by atoms with Gasteiger partial charge in [0.15, 0.2) is 0 Å². The smallest absolute Gasteiger partial charge is 0.421 e. The summed E-state index contributed by atoms with van der Waals surface area (Å²) in [5.41, 5.74) is 1.24. The number of ether oxygens (including phenoxy) is 2. The van der Waals surface area contributed by atoms with Crippen molar-refractivity contribution in [3.8, 4) is 0 Å². The lowest BCUT2D eigenvalue weighted by Crippen LogP contribution is -2.34. The Labute approximate surface area is 163 Å². The quantitative estimate of drug-likeness (QED) is 0.782. The van der Waals surface area contributed by atoms with E-state index in [9.17, 15) is 18.0 Å². The molecule has 0 aliphatic rings. The van der Waals surface area contributed by atoms with Gasteiger partial charge in [-0.1, -0.05) is 12.1 Å². The molecule has 10 heteroatoms. The van der Waals surface area contributed by atoms with Crippen molar-refractivity contribution >= 4 is 33.6 Å². The van der Waals surface area contributed by atoms with Crippen molar-refractivity contribution in [2.45, 2.75) is 25.7 Å². The second kappa shape index (κ2) is 9.18. The fraction of sp³-hybridized carbons (Fsp3) is 0.278. The first-order valence-electron chi connectivity index (χ1n) is 8.47. The van der Waals surface area contributed by atoms with Crippen molar-refractivity contribution in [1.82, 2.24) is 9.71 Å². The summed E-state index contributed by atoms with van der Waals surface area (Å²) in [6.45, 7) is 5.11. The molecule has 28 heavy (non-hydrogen) atoms. The maximum absolute atomic E-state index is 12.7. The van der Waals surface area contributed by atoms with Crippen LogP contribution in [0.5, 0.6) is 0 Å². The molecule has 0 saturated heterocycles. The third-order valence-corrected chi connectivity index (χ3v) is 4.83. The molecule has 0 radical (unpaired) electrons. The first kappa shape index (κ1) is 21.2. The van der Waals surface area contributed by atoms with Crippen molar-refractivity contribution < 1.29 is 27.5 Å². The van der Waals surface area contributed by atoms with Crippen molar-refractivity contribution in [2.75, 3.05) is 18.1 Å². The predicted octanol–water partition coefficient (Wildman–Crippen LogP) is 3.12. The van der Waals surface area contributed by atoms with E-state index in [0.29, 0.717) is 5.69 Å². The van der Waals surface area contributed by atoms with Gasteiger partial charge in [0.05, 0.1) is 24.6 Å². The van der Waals surface area contributed by atoms with E-state index in [0.717, 1.165) is 16.7 Å². The summed E-state index contributed by atoms with van der Waals surface area (Å²) >= 11 is 0. The van der Waals surface area contributed by atoms with Crippen LogP contribution in [0.15, 0.2) is 47.6 Å². The Morgan fingerprint density at radius 3 is 2.50 bits per heavy atom. The molecule has 0 fully saturated rings. The molecular weight excluding hydrogens is 386 g/mol. The number of aryl methyl sites for hydroxylation is 1. The van der Waals surface area contributed by atoms with Crippen LogP contribution < -0.4 is 9.62 Å². The van der Waals surface area contributed by atoms with Crippen molar-refractivity contribution in [3.05, 3.63) is 48.3 Å². The lowest BCUT2D eigenvalue weighted by Gasteiger charge is -2.24. The van der Waals surface area contributed by atoms with Crippen LogP contribution in [0.25, 0.3) is 0 Å². The van der Waals surface area contributed by atoms with Crippen LogP contribution in [-0.2, 0) is 19.5 Å². The van der Waals surface area contributed by atoms with Crippen LogP contribution in [0.2, 0.25) is 0 Å². The zero-order chi connectivity index (χ0) is 20.7. The third kappa shape index (κ3) is 4.97. The van der Waals surface area contributed by atoms with E-state index >= 15 is 0 Å². The van der Waals surface area contributed by atoms with Gasteiger partial charge in [-0.2, -0.15) is 0 Å². The van der Waals surface area contributed by atoms with Crippen molar-refractivity contribution in [1.29, 1.82) is 0 Å². The van der Waals surface area contributed by atoms with Crippen molar-refractivity contribution in [3.63, 3.8) is 0 Å². The van der Waals surface area contributed by atoms with E-state index in [-0.39, 0.29) is 23.8 Å². The van der Waals surface area contributed by atoms with Gasteiger partial charge in [0.2, 0.25) is 0 Å². The minimum Gasteiger partial charge on any atom is -0.449 e. The number of nitrogens with one attached hydrogen (secondary N) is 1. The Hall–Kier alpha value is -3.14. The number of rotatable bonds is 6. The van der Waals surface area contributed by atoms with Crippen LogP contribution in [0.4, 0.5) is 21.0 Å². The lowest BCUT2D eigenvalue weighted by atomic mass is 10.2. The number of nitrogens with zero attached hydrogens (tertiary/aromatic N) is 2.